The van der Waals surface area contributed by atoms with E-state index < -0.39 is 0 Å². The molecule has 0 atom stereocenters. The summed E-state index contributed by atoms with van der Waals surface area (Å²) in [5, 5.41) is 0. The normalized spacial score (nSPS) is 6.54. The van der Waals surface area contributed by atoms with Gasteiger partial charge in [-0.2, -0.15) is 20.3 Å². The van der Waals surface area contributed by atoms with Crippen LogP contribution in [0.3, 0.4) is 0 Å². The fraction of sp³-hybridized carbons (Fsp3) is 0.250. The van der Waals surface area contributed by atoms with Crippen molar-refractivity contribution in [1.29, 1.82) is 0 Å². The second-order valence-corrected chi connectivity index (χ2v) is 1.74. The van der Waals surface area contributed by atoms with E-state index in [4.69, 9.17) is 0 Å². The van der Waals surface area contributed by atoms with Gasteiger partial charge in [0, 0.05) is 0 Å². The smallest absolute Gasteiger partial charge is 0.346 e. The zero-order valence-electron chi connectivity index (χ0n) is 8.79. The standard InChI is InChI=1S/C8H9.2C2H5.Al/c1-2-8-6-4-3-5-7-8;2*1-2;/h3-7H,1-2H2;2*1H2,2H3;/q3*-1;+3. The molecule has 0 aliphatic heterocycles. The minimum absolute atomic E-state index is 0. The maximum Gasteiger partial charge on any atom is 3.00 e. The number of rotatable bonds is 1. The van der Waals surface area contributed by atoms with Crippen molar-refractivity contribution in [3.05, 3.63) is 56.7 Å². The summed E-state index contributed by atoms with van der Waals surface area (Å²) in [7, 11) is 0. The molecule has 0 unspecified atom stereocenters. The van der Waals surface area contributed by atoms with Crippen molar-refractivity contribution < 1.29 is 0 Å². The van der Waals surface area contributed by atoms with Gasteiger partial charge in [0.15, 0.2) is 0 Å². The van der Waals surface area contributed by atoms with Gasteiger partial charge in [0.2, 0.25) is 0 Å². The summed E-state index contributed by atoms with van der Waals surface area (Å²) in [6.45, 7) is 13.8. The van der Waals surface area contributed by atoms with Gasteiger partial charge in [-0.3, -0.25) is 0 Å². The van der Waals surface area contributed by atoms with Crippen molar-refractivity contribution in [2.75, 3.05) is 0 Å². The van der Waals surface area contributed by atoms with Crippen LogP contribution in [0, 0.1) is 20.8 Å². The molecule has 0 spiro atoms. The molecule has 0 fully saturated rings. The minimum Gasteiger partial charge on any atom is -0.346 e. The quantitative estimate of drug-likeness (QED) is 0.470. The second kappa shape index (κ2) is 17.7. The SMILES string of the molecule is [Al+3].[CH2-]C.[CH2-]C.[CH2-]Cc1ccccc1. The fourth-order valence-corrected chi connectivity index (χ4v) is 0.645. The Labute approximate surface area is 94.5 Å². The third kappa shape index (κ3) is 11.8. The number of benzene rings is 1. The van der Waals surface area contributed by atoms with Gasteiger partial charge >= 0.3 is 17.4 Å². The summed E-state index contributed by atoms with van der Waals surface area (Å²) < 4.78 is 0. The summed E-state index contributed by atoms with van der Waals surface area (Å²) in [5.41, 5.74) is 1.30. The van der Waals surface area contributed by atoms with Gasteiger partial charge in [-0.1, -0.05) is 35.9 Å². The molecule has 1 aromatic rings. The van der Waals surface area contributed by atoms with Crippen LogP contribution in [-0.2, 0) is 6.42 Å². The second-order valence-electron chi connectivity index (χ2n) is 1.74. The number of hydrogen-bond acceptors (Lipinski definition) is 0. The van der Waals surface area contributed by atoms with Crippen LogP contribution in [-0.4, -0.2) is 17.4 Å². The third-order valence-electron chi connectivity index (χ3n) is 1.13. The molecule has 0 aliphatic carbocycles. The summed E-state index contributed by atoms with van der Waals surface area (Å²) in [5.74, 6) is 0. The van der Waals surface area contributed by atoms with Gasteiger partial charge < -0.3 is 20.8 Å². The molecule has 0 nitrogen and oxygen atoms in total. The number of hydrogen-bond donors (Lipinski definition) is 0. The van der Waals surface area contributed by atoms with E-state index in [9.17, 15) is 0 Å². The molecular weight excluding hydrogens is 171 g/mol. The largest absolute Gasteiger partial charge is 3.00 e. The Kier molecular flexibility index (Phi) is 25.3. The summed E-state index contributed by atoms with van der Waals surface area (Å²) in [6.07, 6.45) is 0.890. The van der Waals surface area contributed by atoms with E-state index in [1.54, 1.807) is 13.8 Å². The Balaban J connectivity index is -0.000000178. The van der Waals surface area contributed by atoms with Gasteiger partial charge in [0.25, 0.3) is 0 Å². The van der Waals surface area contributed by atoms with Crippen LogP contribution in [0.1, 0.15) is 19.4 Å². The molecule has 0 heterocycles. The maximum atomic E-state index is 3.76. The van der Waals surface area contributed by atoms with E-state index in [0.29, 0.717) is 0 Å². The first-order valence-electron chi connectivity index (χ1n) is 4.18. The summed E-state index contributed by atoms with van der Waals surface area (Å²) in [6, 6.07) is 10.2. The molecule has 1 aromatic carbocycles. The van der Waals surface area contributed by atoms with E-state index in [2.05, 4.69) is 32.9 Å². The van der Waals surface area contributed by atoms with E-state index in [0.717, 1.165) is 6.42 Å². The predicted molar refractivity (Wildman–Crippen MR) is 63.3 cm³/mol. The van der Waals surface area contributed by atoms with Crippen molar-refractivity contribution in [1.82, 2.24) is 0 Å². The van der Waals surface area contributed by atoms with Crippen LogP contribution in [0.25, 0.3) is 0 Å². The molecule has 0 amide bonds. The van der Waals surface area contributed by atoms with Crippen LogP contribution in [0.4, 0.5) is 0 Å². The Morgan fingerprint density at radius 2 is 1.31 bits per heavy atom. The Morgan fingerprint density at radius 1 is 0.923 bits per heavy atom. The average molecular weight is 190 g/mol. The minimum atomic E-state index is 0. The van der Waals surface area contributed by atoms with Crippen LogP contribution in [0.5, 0.6) is 0 Å². The molecule has 0 saturated carbocycles. The fourth-order valence-electron chi connectivity index (χ4n) is 0.645. The Morgan fingerprint density at radius 3 is 1.54 bits per heavy atom. The van der Waals surface area contributed by atoms with Gasteiger partial charge in [0.1, 0.15) is 0 Å². The van der Waals surface area contributed by atoms with E-state index in [1.807, 2.05) is 18.2 Å². The molecule has 1 rings (SSSR count). The van der Waals surface area contributed by atoms with Crippen LogP contribution >= 0.6 is 0 Å². The summed E-state index contributed by atoms with van der Waals surface area (Å²) in [4.78, 5) is 0. The topological polar surface area (TPSA) is 0 Å². The Hall–Kier alpha value is -0.248. The molecule has 0 radical (unpaired) electrons. The first-order valence-corrected chi connectivity index (χ1v) is 4.18. The van der Waals surface area contributed by atoms with Crippen molar-refractivity contribution in [2.24, 2.45) is 0 Å². The van der Waals surface area contributed by atoms with Crippen molar-refractivity contribution >= 4 is 17.4 Å². The first kappa shape index (κ1) is 18.5. The van der Waals surface area contributed by atoms with Crippen LogP contribution in [0.2, 0.25) is 0 Å². The first-order chi connectivity index (χ1) is 5.93. The van der Waals surface area contributed by atoms with Crippen molar-refractivity contribution in [3.8, 4) is 0 Å². The molecule has 1 heteroatoms. The van der Waals surface area contributed by atoms with Gasteiger partial charge in [-0.25, -0.2) is 0 Å². The molecule has 0 bridgehead atoms. The molecule has 0 aliphatic rings. The molecule has 0 N–H and O–H groups in total. The van der Waals surface area contributed by atoms with Crippen LogP contribution < -0.4 is 0 Å². The predicted octanol–water partition coefficient (Wildman–Crippen LogP) is 3.36. The molecule has 13 heavy (non-hydrogen) atoms. The van der Waals surface area contributed by atoms with E-state index in [1.165, 1.54) is 5.56 Å². The molecular formula is C12H19Al. The molecule has 70 valence electrons. The van der Waals surface area contributed by atoms with Gasteiger partial charge in [-0.15, -0.1) is 0 Å². The molecule has 0 saturated heterocycles. The monoisotopic (exact) mass is 190 g/mol. The van der Waals surface area contributed by atoms with E-state index in [-0.39, 0.29) is 17.4 Å². The van der Waals surface area contributed by atoms with Crippen LogP contribution in [0.15, 0.2) is 30.3 Å². The average Bonchev–Trinajstić information content (AvgIpc) is 2.25. The summed E-state index contributed by atoms with van der Waals surface area (Å²) >= 11 is 0. The van der Waals surface area contributed by atoms with Crippen molar-refractivity contribution in [2.45, 2.75) is 20.3 Å². The zero-order chi connectivity index (χ0) is 9.82. The van der Waals surface area contributed by atoms with E-state index >= 15 is 0 Å². The van der Waals surface area contributed by atoms with Gasteiger partial charge in [-0.05, 0) is 0 Å². The maximum absolute atomic E-state index is 3.76. The van der Waals surface area contributed by atoms with Gasteiger partial charge in [0.05, 0.1) is 0 Å². The van der Waals surface area contributed by atoms with Crippen molar-refractivity contribution in [3.63, 3.8) is 0 Å². The molecule has 0 aromatic heterocycles. The third-order valence-corrected chi connectivity index (χ3v) is 1.13. The Bertz CT molecular complexity index is 146. The zero-order valence-corrected chi connectivity index (χ0v) is 9.95.